The first kappa shape index (κ1) is 20.3. The number of carbonyl (C=O) groups is 1. The maximum absolute atomic E-state index is 13.2. The van der Waals surface area contributed by atoms with E-state index in [1.165, 1.54) is 6.92 Å². The van der Waals surface area contributed by atoms with Crippen molar-refractivity contribution in [3.63, 3.8) is 0 Å². The van der Waals surface area contributed by atoms with Crippen molar-refractivity contribution in [2.24, 2.45) is 0 Å². The van der Waals surface area contributed by atoms with Crippen LogP contribution >= 0.6 is 11.6 Å². The first-order valence-corrected chi connectivity index (χ1v) is 9.02. The number of benzene rings is 1. The highest BCUT2D eigenvalue weighted by atomic mass is 35.5. The molecule has 2 rings (SSSR count). The lowest BCUT2D eigenvalue weighted by Crippen LogP contribution is -2.43. The van der Waals surface area contributed by atoms with Crippen molar-refractivity contribution in [1.29, 1.82) is 0 Å². The average molecular weight is 379 g/mol. The van der Waals surface area contributed by atoms with Crippen LogP contribution in [0.4, 0.5) is 4.39 Å². The molecule has 2 N–H and O–H groups in total. The fourth-order valence-corrected chi connectivity index (χ4v) is 2.59. The van der Waals surface area contributed by atoms with Crippen LogP contribution in [0.3, 0.4) is 0 Å². The Labute approximate surface area is 158 Å². The number of nitrogens with one attached hydrogen (secondary N) is 1. The summed E-state index contributed by atoms with van der Waals surface area (Å²) < 4.78 is 13.2. The topological polar surface area (TPSA) is 62.2 Å². The smallest absolute Gasteiger partial charge is 0.238 e. The van der Waals surface area contributed by atoms with E-state index in [2.05, 4.69) is 24.1 Å². The number of carbonyl (C=O) groups excluding carboxylic acids is 1. The second-order valence-corrected chi connectivity index (χ2v) is 7.23. The molecular weight excluding hydrogens is 355 g/mol. The molecule has 1 aromatic carbocycles. The van der Waals surface area contributed by atoms with Crippen molar-refractivity contribution in [2.75, 3.05) is 6.67 Å². The number of aliphatic hydroxyl groups is 1. The molecule has 0 bridgehead atoms. The molecule has 0 saturated carbocycles. The second-order valence-electron chi connectivity index (χ2n) is 6.58. The van der Waals surface area contributed by atoms with E-state index in [0.29, 0.717) is 11.5 Å². The Kier molecular flexibility index (Phi) is 7.12. The van der Waals surface area contributed by atoms with Gasteiger partial charge < -0.3 is 10.4 Å². The number of alkyl halides is 2. The highest BCUT2D eigenvalue weighted by Crippen LogP contribution is 2.24. The van der Waals surface area contributed by atoms with E-state index in [0.717, 1.165) is 16.8 Å². The number of halogens is 2. The number of nitrogens with zero attached hydrogens (tertiary/aromatic N) is 1. The Bertz CT molecular complexity index is 718. The largest absolute Gasteiger partial charge is 0.386 e. The molecule has 3 atom stereocenters. The zero-order chi connectivity index (χ0) is 19.3. The third kappa shape index (κ3) is 5.02. The molecular formula is C20H24ClFN2O2. The van der Waals surface area contributed by atoms with Crippen LogP contribution in [0.5, 0.6) is 0 Å². The van der Waals surface area contributed by atoms with Crippen LogP contribution in [-0.4, -0.2) is 34.1 Å². The van der Waals surface area contributed by atoms with E-state index in [1.807, 2.05) is 30.5 Å². The van der Waals surface area contributed by atoms with Gasteiger partial charge in [-0.15, -0.1) is 11.6 Å². The molecule has 1 heterocycles. The lowest BCUT2D eigenvalue weighted by Gasteiger charge is -2.22. The maximum atomic E-state index is 13.2. The lowest BCUT2D eigenvalue weighted by atomic mass is 9.99. The minimum Gasteiger partial charge on any atom is -0.386 e. The molecule has 6 heteroatoms. The van der Waals surface area contributed by atoms with E-state index in [1.54, 1.807) is 12.1 Å². The summed E-state index contributed by atoms with van der Waals surface area (Å²) in [6.45, 7) is 4.78. The van der Waals surface area contributed by atoms with Gasteiger partial charge in [0.15, 0.2) is 0 Å². The van der Waals surface area contributed by atoms with Crippen molar-refractivity contribution < 1.29 is 14.3 Å². The monoisotopic (exact) mass is 378 g/mol. The zero-order valence-corrected chi connectivity index (χ0v) is 15.9. The van der Waals surface area contributed by atoms with Crippen LogP contribution in [0.2, 0.25) is 0 Å². The fourth-order valence-electron chi connectivity index (χ4n) is 2.52. The van der Waals surface area contributed by atoms with Crippen molar-refractivity contribution >= 4 is 17.5 Å². The summed E-state index contributed by atoms with van der Waals surface area (Å²) in [5.41, 5.74) is 3.45. The summed E-state index contributed by atoms with van der Waals surface area (Å²) in [5.74, 6) is -0.147. The Hall–Kier alpha value is -1.98. The van der Waals surface area contributed by atoms with Crippen LogP contribution < -0.4 is 5.32 Å². The Morgan fingerprint density at radius 1 is 1.15 bits per heavy atom. The van der Waals surface area contributed by atoms with Crippen LogP contribution in [0.1, 0.15) is 44.1 Å². The molecule has 0 aliphatic rings. The Morgan fingerprint density at radius 2 is 1.77 bits per heavy atom. The SMILES string of the molecule is CC(Cl)C(=O)NC(CF)C(O)c1ccc(-c2ccc(C(C)C)nc2)cc1. The number of amides is 1. The normalized spacial score (nSPS) is 14.7. The quantitative estimate of drug-likeness (QED) is 0.716. The van der Waals surface area contributed by atoms with Crippen molar-refractivity contribution in [3.8, 4) is 11.1 Å². The van der Waals surface area contributed by atoms with Crippen molar-refractivity contribution in [1.82, 2.24) is 10.3 Å². The van der Waals surface area contributed by atoms with Gasteiger partial charge in [0, 0.05) is 17.5 Å². The van der Waals surface area contributed by atoms with Crippen molar-refractivity contribution in [2.45, 2.75) is 44.2 Å². The van der Waals surface area contributed by atoms with Gasteiger partial charge in [0.2, 0.25) is 5.91 Å². The minimum atomic E-state index is -1.16. The summed E-state index contributed by atoms with van der Waals surface area (Å²) >= 11 is 5.68. The molecule has 4 nitrogen and oxygen atoms in total. The molecule has 2 aromatic rings. The van der Waals surface area contributed by atoms with Gasteiger partial charge in [-0.05, 0) is 30.0 Å². The van der Waals surface area contributed by atoms with E-state index in [4.69, 9.17) is 11.6 Å². The number of pyridine rings is 1. The molecule has 0 aliphatic carbocycles. The first-order chi connectivity index (χ1) is 12.3. The minimum absolute atomic E-state index is 0.366. The first-order valence-electron chi connectivity index (χ1n) is 8.58. The number of aliphatic hydroxyl groups excluding tert-OH is 1. The molecule has 1 amide bonds. The van der Waals surface area contributed by atoms with Crippen LogP contribution in [-0.2, 0) is 4.79 Å². The molecule has 0 radical (unpaired) electrons. The van der Waals surface area contributed by atoms with Crippen molar-refractivity contribution in [3.05, 3.63) is 53.9 Å². The van der Waals surface area contributed by atoms with Gasteiger partial charge in [0.25, 0.3) is 0 Å². The Morgan fingerprint density at radius 3 is 2.23 bits per heavy atom. The third-order valence-electron chi connectivity index (χ3n) is 4.20. The number of hydrogen-bond donors (Lipinski definition) is 2. The number of aromatic nitrogens is 1. The summed E-state index contributed by atoms with van der Waals surface area (Å²) in [5, 5.41) is 12.0. The van der Waals surface area contributed by atoms with Crippen LogP contribution in [0.15, 0.2) is 42.6 Å². The number of hydrogen-bond acceptors (Lipinski definition) is 3. The average Bonchev–Trinajstić information content (AvgIpc) is 2.65. The molecule has 3 unspecified atom stereocenters. The van der Waals surface area contributed by atoms with E-state index >= 15 is 0 Å². The molecule has 0 fully saturated rings. The summed E-state index contributed by atoms with van der Waals surface area (Å²) in [7, 11) is 0. The van der Waals surface area contributed by atoms with Gasteiger partial charge in [0.05, 0.1) is 6.04 Å². The highest BCUT2D eigenvalue weighted by molar-refractivity contribution is 6.30. The van der Waals surface area contributed by atoms with Gasteiger partial charge >= 0.3 is 0 Å². The predicted octanol–water partition coefficient (Wildman–Crippen LogP) is 3.99. The second kappa shape index (κ2) is 9.10. The predicted molar refractivity (Wildman–Crippen MR) is 102 cm³/mol. The number of rotatable bonds is 7. The van der Waals surface area contributed by atoms with Gasteiger partial charge in [-0.3, -0.25) is 9.78 Å². The maximum Gasteiger partial charge on any atom is 0.238 e. The van der Waals surface area contributed by atoms with E-state index in [-0.39, 0.29) is 0 Å². The molecule has 0 aliphatic heterocycles. The van der Waals surface area contributed by atoms with Gasteiger partial charge in [-0.2, -0.15) is 0 Å². The third-order valence-corrected chi connectivity index (χ3v) is 4.40. The van der Waals surface area contributed by atoms with Gasteiger partial charge in [-0.1, -0.05) is 44.2 Å². The molecule has 140 valence electrons. The van der Waals surface area contributed by atoms with E-state index < -0.39 is 30.1 Å². The Balaban J connectivity index is 2.13. The highest BCUT2D eigenvalue weighted by Gasteiger charge is 2.24. The molecule has 0 saturated heterocycles. The van der Waals surface area contributed by atoms with Crippen LogP contribution in [0, 0.1) is 0 Å². The zero-order valence-electron chi connectivity index (χ0n) is 15.1. The van der Waals surface area contributed by atoms with E-state index in [9.17, 15) is 14.3 Å². The summed E-state index contributed by atoms with van der Waals surface area (Å²) in [4.78, 5) is 16.1. The van der Waals surface area contributed by atoms with Gasteiger partial charge in [-0.25, -0.2) is 4.39 Å². The lowest BCUT2D eigenvalue weighted by molar-refractivity contribution is -0.122. The molecule has 26 heavy (non-hydrogen) atoms. The summed E-state index contributed by atoms with van der Waals surface area (Å²) in [6, 6.07) is 10.1. The summed E-state index contributed by atoms with van der Waals surface area (Å²) in [6.07, 6.45) is 0.655. The van der Waals surface area contributed by atoms with Gasteiger partial charge in [0.1, 0.15) is 18.2 Å². The fraction of sp³-hybridized carbons (Fsp3) is 0.400. The molecule has 0 spiro atoms. The molecule has 1 aromatic heterocycles. The standard InChI is InChI=1S/C20H24ClFN2O2/c1-12(2)17-9-8-16(11-23-17)14-4-6-15(7-5-14)19(25)18(10-22)24-20(26)13(3)21/h4-9,11-13,18-19,25H,10H2,1-3H3,(H,24,26). The van der Waals surface area contributed by atoms with Crippen LogP contribution in [0.25, 0.3) is 11.1 Å².